The van der Waals surface area contributed by atoms with Crippen LogP contribution in [-0.2, 0) is 0 Å². The fourth-order valence-corrected chi connectivity index (χ4v) is 1.08. The van der Waals surface area contributed by atoms with Crippen molar-refractivity contribution < 1.29 is 18.7 Å². The Kier molecular flexibility index (Phi) is 4.12. The molecule has 0 bridgehead atoms. The van der Waals surface area contributed by atoms with Gasteiger partial charge >= 0.3 is 0 Å². The molecule has 0 radical (unpaired) electrons. The summed E-state index contributed by atoms with van der Waals surface area (Å²) >= 11 is 0. The minimum absolute atomic E-state index is 0.0486. The van der Waals surface area contributed by atoms with E-state index >= 15 is 0 Å². The molecule has 0 saturated carbocycles. The summed E-state index contributed by atoms with van der Waals surface area (Å²) < 4.78 is 26.3. The van der Waals surface area contributed by atoms with E-state index in [0.717, 1.165) is 12.1 Å². The van der Waals surface area contributed by atoms with Gasteiger partial charge in [0, 0.05) is 12.2 Å². The Bertz CT molecular complexity index is 386. The van der Waals surface area contributed by atoms with Gasteiger partial charge in [0.15, 0.2) is 6.29 Å². The van der Waals surface area contributed by atoms with E-state index in [2.05, 4.69) is 0 Å². The third-order valence-corrected chi connectivity index (χ3v) is 1.84. The van der Waals surface area contributed by atoms with Crippen molar-refractivity contribution >= 4 is 12.4 Å². The van der Waals surface area contributed by atoms with Crippen molar-refractivity contribution in [3.63, 3.8) is 0 Å². The van der Waals surface area contributed by atoms with Gasteiger partial charge in [-0.05, 0) is 18.6 Å². The average Bonchev–Trinajstić information content (AvgIpc) is 2.23. The van der Waals surface area contributed by atoms with Gasteiger partial charge in [0.1, 0.15) is 11.6 Å². The number of halogens is 2. The Morgan fingerprint density at radius 3 is 2.40 bits per heavy atom. The average molecular weight is 212 g/mol. The van der Waals surface area contributed by atoms with Crippen LogP contribution in [0.2, 0.25) is 0 Å². The van der Waals surface area contributed by atoms with Crippen molar-refractivity contribution in [1.82, 2.24) is 0 Å². The minimum Gasteiger partial charge on any atom is -0.396 e. The zero-order chi connectivity index (χ0) is 11.3. The monoisotopic (exact) mass is 212 g/mol. The molecule has 0 heterocycles. The van der Waals surface area contributed by atoms with Crippen molar-refractivity contribution in [3.05, 3.63) is 41.0 Å². The number of rotatable bonds is 4. The van der Waals surface area contributed by atoms with E-state index in [1.54, 1.807) is 0 Å². The Hall–Kier alpha value is -1.55. The van der Waals surface area contributed by atoms with Crippen LogP contribution in [0.4, 0.5) is 8.78 Å². The quantitative estimate of drug-likeness (QED) is 0.776. The largest absolute Gasteiger partial charge is 0.396 e. The molecule has 1 aromatic rings. The summed E-state index contributed by atoms with van der Waals surface area (Å²) in [7, 11) is 0. The molecule has 0 unspecified atom stereocenters. The number of aldehydes is 1. The first-order valence-corrected chi connectivity index (χ1v) is 4.40. The second-order valence-electron chi connectivity index (χ2n) is 2.93. The molecule has 4 heteroatoms. The van der Waals surface area contributed by atoms with Crippen molar-refractivity contribution in [2.75, 3.05) is 6.61 Å². The number of aliphatic hydroxyl groups excluding tert-OH is 1. The summed E-state index contributed by atoms with van der Waals surface area (Å²) in [5.41, 5.74) is -0.238. The maximum absolute atomic E-state index is 13.2. The number of hydrogen-bond acceptors (Lipinski definition) is 2. The van der Waals surface area contributed by atoms with E-state index in [1.165, 1.54) is 12.2 Å². The molecule has 1 aromatic carbocycles. The Morgan fingerprint density at radius 1 is 1.20 bits per heavy atom. The molecule has 0 aliphatic heterocycles. The molecule has 0 aliphatic rings. The predicted molar refractivity (Wildman–Crippen MR) is 52.5 cm³/mol. The van der Waals surface area contributed by atoms with Crippen LogP contribution in [0, 0.1) is 11.6 Å². The standard InChI is InChI=1S/C11H10F2O2/c12-10-6-9(7-15)11(13)5-8(10)3-1-2-4-14/h1,3,5-7,14H,2,4H2. The first-order chi connectivity index (χ1) is 7.19. The molecule has 0 amide bonds. The molecule has 80 valence electrons. The van der Waals surface area contributed by atoms with E-state index in [-0.39, 0.29) is 24.0 Å². The summed E-state index contributed by atoms with van der Waals surface area (Å²) in [6.07, 6.45) is 3.53. The topological polar surface area (TPSA) is 37.3 Å². The fourth-order valence-electron chi connectivity index (χ4n) is 1.08. The van der Waals surface area contributed by atoms with Crippen LogP contribution in [0.5, 0.6) is 0 Å². The maximum atomic E-state index is 13.2. The third kappa shape index (κ3) is 2.95. The molecule has 0 fully saturated rings. The van der Waals surface area contributed by atoms with Crippen molar-refractivity contribution in [2.45, 2.75) is 6.42 Å². The minimum atomic E-state index is -0.755. The first-order valence-electron chi connectivity index (χ1n) is 4.40. The van der Waals surface area contributed by atoms with Crippen molar-refractivity contribution in [3.8, 4) is 0 Å². The van der Waals surface area contributed by atoms with Gasteiger partial charge in [0.05, 0.1) is 5.56 Å². The predicted octanol–water partition coefficient (Wildman–Crippen LogP) is 2.17. The van der Waals surface area contributed by atoms with E-state index in [0.29, 0.717) is 6.42 Å². The van der Waals surface area contributed by atoms with Crippen LogP contribution in [0.1, 0.15) is 22.3 Å². The number of carbonyl (C=O) groups excluding carboxylic acids is 1. The van der Waals surface area contributed by atoms with Crippen LogP contribution in [0.3, 0.4) is 0 Å². The van der Waals surface area contributed by atoms with Crippen molar-refractivity contribution in [2.24, 2.45) is 0 Å². The highest BCUT2D eigenvalue weighted by molar-refractivity contribution is 5.76. The molecule has 1 rings (SSSR count). The SMILES string of the molecule is O=Cc1cc(F)c(C=CCCO)cc1F. The van der Waals surface area contributed by atoms with Gasteiger partial charge in [-0.25, -0.2) is 8.78 Å². The zero-order valence-electron chi connectivity index (χ0n) is 7.91. The van der Waals surface area contributed by atoms with Crippen LogP contribution < -0.4 is 0 Å². The number of hydrogen-bond donors (Lipinski definition) is 1. The second kappa shape index (κ2) is 5.36. The fraction of sp³-hybridized carbons (Fsp3) is 0.182. The van der Waals surface area contributed by atoms with Gasteiger partial charge in [0.25, 0.3) is 0 Å². The summed E-state index contributed by atoms with van der Waals surface area (Å²) in [5.74, 6) is -1.41. The number of carbonyl (C=O) groups is 1. The molecular weight excluding hydrogens is 202 g/mol. The van der Waals surface area contributed by atoms with E-state index in [4.69, 9.17) is 5.11 Å². The summed E-state index contributed by atoms with van der Waals surface area (Å²) in [4.78, 5) is 10.3. The van der Waals surface area contributed by atoms with E-state index in [9.17, 15) is 13.6 Å². The lowest BCUT2D eigenvalue weighted by Gasteiger charge is -1.99. The second-order valence-corrected chi connectivity index (χ2v) is 2.93. The van der Waals surface area contributed by atoms with Gasteiger partial charge in [0.2, 0.25) is 0 Å². The Labute approximate surface area is 85.9 Å². The van der Waals surface area contributed by atoms with Crippen LogP contribution >= 0.6 is 0 Å². The molecule has 0 aliphatic carbocycles. The highest BCUT2D eigenvalue weighted by Crippen LogP contribution is 2.15. The highest BCUT2D eigenvalue weighted by Gasteiger charge is 2.06. The molecule has 0 saturated heterocycles. The van der Waals surface area contributed by atoms with Crippen LogP contribution in [-0.4, -0.2) is 18.0 Å². The van der Waals surface area contributed by atoms with E-state index < -0.39 is 11.6 Å². The van der Waals surface area contributed by atoms with Crippen LogP contribution in [0.15, 0.2) is 18.2 Å². The highest BCUT2D eigenvalue weighted by atomic mass is 19.1. The van der Waals surface area contributed by atoms with Gasteiger partial charge in [-0.2, -0.15) is 0 Å². The molecule has 0 aromatic heterocycles. The first kappa shape index (κ1) is 11.5. The van der Waals surface area contributed by atoms with Gasteiger partial charge in [-0.15, -0.1) is 0 Å². The molecule has 15 heavy (non-hydrogen) atoms. The number of benzene rings is 1. The third-order valence-electron chi connectivity index (χ3n) is 1.84. The molecule has 0 atom stereocenters. The lowest BCUT2D eigenvalue weighted by Crippen LogP contribution is -1.92. The normalized spacial score (nSPS) is 10.9. The van der Waals surface area contributed by atoms with Gasteiger partial charge < -0.3 is 5.11 Å². The number of aliphatic hydroxyl groups is 1. The molecular formula is C11H10F2O2. The Morgan fingerprint density at radius 2 is 1.80 bits per heavy atom. The zero-order valence-corrected chi connectivity index (χ0v) is 7.91. The summed E-state index contributed by atoms with van der Waals surface area (Å²) in [5, 5.41) is 8.48. The molecule has 2 nitrogen and oxygen atoms in total. The van der Waals surface area contributed by atoms with Gasteiger partial charge in [-0.1, -0.05) is 12.2 Å². The van der Waals surface area contributed by atoms with Crippen molar-refractivity contribution in [1.29, 1.82) is 0 Å². The maximum Gasteiger partial charge on any atom is 0.153 e. The van der Waals surface area contributed by atoms with E-state index in [1.807, 2.05) is 0 Å². The smallest absolute Gasteiger partial charge is 0.153 e. The summed E-state index contributed by atoms with van der Waals surface area (Å²) in [6, 6.07) is 1.80. The molecule has 1 N–H and O–H groups in total. The Balaban J connectivity index is 3.00. The lowest BCUT2D eigenvalue weighted by molar-refractivity contribution is 0.111. The lowest BCUT2D eigenvalue weighted by atomic mass is 10.1. The van der Waals surface area contributed by atoms with Gasteiger partial charge in [-0.3, -0.25) is 4.79 Å². The molecule has 0 spiro atoms. The van der Waals surface area contributed by atoms with Crippen LogP contribution in [0.25, 0.3) is 6.08 Å². The summed E-state index contributed by atoms with van der Waals surface area (Å²) in [6.45, 7) is -0.0486.